The van der Waals surface area contributed by atoms with Crippen LogP contribution in [0.3, 0.4) is 0 Å². The third-order valence-corrected chi connectivity index (χ3v) is 5.00. The predicted molar refractivity (Wildman–Crippen MR) is 98.5 cm³/mol. The lowest BCUT2D eigenvalue weighted by atomic mass is 9.87. The quantitative estimate of drug-likeness (QED) is 0.705. The Morgan fingerprint density at radius 2 is 2.16 bits per heavy atom. The molecule has 3 rings (SSSR count). The Morgan fingerprint density at radius 1 is 1.32 bits per heavy atom. The second-order valence-electron chi connectivity index (χ2n) is 6.98. The number of hydrogen-bond donors (Lipinski definition) is 3. The van der Waals surface area contributed by atoms with Crippen molar-refractivity contribution in [3.8, 4) is 0 Å². The minimum absolute atomic E-state index is 0.118. The first-order valence-corrected chi connectivity index (χ1v) is 9.25. The Kier molecular flexibility index (Phi) is 5.91. The third-order valence-electron chi connectivity index (χ3n) is 5.00. The largest absolute Gasteiger partial charge is 0.393 e. The van der Waals surface area contributed by atoms with Gasteiger partial charge in [-0.05, 0) is 50.7 Å². The highest BCUT2D eigenvalue weighted by atomic mass is 16.3. The van der Waals surface area contributed by atoms with Crippen molar-refractivity contribution in [2.24, 2.45) is 5.92 Å². The number of aliphatic hydroxyl groups is 1. The van der Waals surface area contributed by atoms with Crippen LogP contribution < -0.4 is 10.6 Å². The molecule has 0 bridgehead atoms. The van der Waals surface area contributed by atoms with Crippen LogP contribution in [0, 0.1) is 12.8 Å². The number of fused-ring (bicyclic) bond motifs is 1. The van der Waals surface area contributed by atoms with Gasteiger partial charge < -0.3 is 20.3 Å². The zero-order valence-electron chi connectivity index (χ0n) is 14.9. The molecule has 6 heteroatoms. The molecule has 2 aromatic rings. The Labute approximate surface area is 148 Å². The molecule has 1 aromatic heterocycles. The van der Waals surface area contributed by atoms with Crippen LogP contribution in [0.2, 0.25) is 0 Å². The van der Waals surface area contributed by atoms with Crippen LogP contribution in [0.15, 0.2) is 24.3 Å². The van der Waals surface area contributed by atoms with E-state index in [-0.39, 0.29) is 12.1 Å². The standard InChI is InChI=1S/C19H28N4O2/c1-14-22-17-8-2-3-9-18(17)23(14)11-5-10-20-19(25)21-13-15-6-4-7-16(24)12-15/h2-3,8-9,15-16,24H,4-7,10-13H2,1H3,(H2,20,21,25). The number of urea groups is 1. The number of rotatable bonds is 6. The molecular formula is C19H28N4O2. The van der Waals surface area contributed by atoms with Crippen molar-refractivity contribution in [3.05, 3.63) is 30.1 Å². The molecular weight excluding hydrogens is 316 g/mol. The number of amides is 2. The monoisotopic (exact) mass is 344 g/mol. The van der Waals surface area contributed by atoms with Gasteiger partial charge in [0.2, 0.25) is 0 Å². The molecule has 25 heavy (non-hydrogen) atoms. The smallest absolute Gasteiger partial charge is 0.314 e. The molecule has 0 spiro atoms. The zero-order chi connectivity index (χ0) is 17.6. The molecule has 0 saturated heterocycles. The van der Waals surface area contributed by atoms with Gasteiger partial charge in [-0.2, -0.15) is 0 Å². The van der Waals surface area contributed by atoms with Gasteiger partial charge in [-0.1, -0.05) is 18.6 Å². The van der Waals surface area contributed by atoms with E-state index in [9.17, 15) is 9.90 Å². The molecule has 1 heterocycles. The lowest BCUT2D eigenvalue weighted by molar-refractivity contribution is 0.101. The number of hydrogen-bond acceptors (Lipinski definition) is 3. The summed E-state index contributed by atoms with van der Waals surface area (Å²) in [7, 11) is 0. The van der Waals surface area contributed by atoms with Crippen LogP contribution in [-0.2, 0) is 6.54 Å². The summed E-state index contributed by atoms with van der Waals surface area (Å²) in [6.45, 7) is 4.12. The van der Waals surface area contributed by atoms with Gasteiger partial charge in [-0.3, -0.25) is 0 Å². The minimum atomic E-state index is -0.197. The molecule has 1 saturated carbocycles. The summed E-state index contributed by atoms with van der Waals surface area (Å²) in [6, 6.07) is 8.00. The van der Waals surface area contributed by atoms with Crippen molar-refractivity contribution >= 4 is 17.1 Å². The molecule has 6 nitrogen and oxygen atoms in total. The molecule has 136 valence electrons. The highest BCUT2D eigenvalue weighted by molar-refractivity contribution is 5.76. The topological polar surface area (TPSA) is 79.2 Å². The van der Waals surface area contributed by atoms with Crippen LogP contribution in [0.5, 0.6) is 0 Å². The summed E-state index contributed by atoms with van der Waals surface area (Å²) in [5, 5.41) is 15.5. The summed E-state index contributed by atoms with van der Waals surface area (Å²) in [5.41, 5.74) is 2.15. The predicted octanol–water partition coefficient (Wildman–Crippen LogP) is 2.59. The average Bonchev–Trinajstić information content (AvgIpc) is 2.92. The number of carbonyl (C=O) groups is 1. The number of aryl methyl sites for hydroxylation is 2. The number of para-hydroxylation sites is 2. The van der Waals surface area contributed by atoms with E-state index in [2.05, 4.69) is 26.3 Å². The Morgan fingerprint density at radius 3 is 3.00 bits per heavy atom. The lowest BCUT2D eigenvalue weighted by Crippen LogP contribution is -2.40. The molecule has 0 radical (unpaired) electrons. The molecule has 1 aromatic carbocycles. The van der Waals surface area contributed by atoms with E-state index in [0.717, 1.165) is 55.5 Å². The van der Waals surface area contributed by atoms with Gasteiger partial charge in [-0.25, -0.2) is 9.78 Å². The van der Waals surface area contributed by atoms with Crippen molar-refractivity contribution in [1.29, 1.82) is 0 Å². The van der Waals surface area contributed by atoms with E-state index in [1.165, 1.54) is 0 Å². The maximum Gasteiger partial charge on any atom is 0.314 e. The fourth-order valence-corrected chi connectivity index (χ4v) is 3.66. The van der Waals surface area contributed by atoms with Crippen LogP contribution in [-0.4, -0.2) is 39.9 Å². The number of carbonyl (C=O) groups excluding carboxylic acids is 1. The minimum Gasteiger partial charge on any atom is -0.393 e. The average molecular weight is 344 g/mol. The Bertz CT molecular complexity index is 713. The molecule has 2 amide bonds. The van der Waals surface area contributed by atoms with Crippen molar-refractivity contribution in [2.75, 3.05) is 13.1 Å². The second-order valence-corrected chi connectivity index (χ2v) is 6.98. The van der Waals surface area contributed by atoms with Crippen molar-refractivity contribution in [1.82, 2.24) is 20.2 Å². The highest BCUT2D eigenvalue weighted by Gasteiger charge is 2.20. The van der Waals surface area contributed by atoms with Gasteiger partial charge in [0.15, 0.2) is 0 Å². The molecule has 0 aliphatic heterocycles. The lowest BCUT2D eigenvalue weighted by Gasteiger charge is -2.25. The summed E-state index contributed by atoms with van der Waals surface area (Å²) >= 11 is 0. The summed E-state index contributed by atoms with van der Waals surface area (Å²) in [5.74, 6) is 1.40. The first kappa shape index (κ1) is 17.7. The Balaban J connectivity index is 1.38. The van der Waals surface area contributed by atoms with Gasteiger partial charge >= 0.3 is 6.03 Å². The van der Waals surface area contributed by atoms with Crippen molar-refractivity contribution in [3.63, 3.8) is 0 Å². The van der Waals surface area contributed by atoms with Gasteiger partial charge in [0, 0.05) is 19.6 Å². The van der Waals surface area contributed by atoms with Crippen molar-refractivity contribution in [2.45, 2.75) is 51.7 Å². The van der Waals surface area contributed by atoms with Gasteiger partial charge in [0.1, 0.15) is 5.82 Å². The fourth-order valence-electron chi connectivity index (χ4n) is 3.66. The highest BCUT2D eigenvalue weighted by Crippen LogP contribution is 2.23. The van der Waals surface area contributed by atoms with E-state index in [4.69, 9.17) is 0 Å². The van der Waals surface area contributed by atoms with Crippen LogP contribution >= 0.6 is 0 Å². The molecule has 2 unspecified atom stereocenters. The number of nitrogens with zero attached hydrogens (tertiary/aromatic N) is 2. The third kappa shape index (κ3) is 4.72. The van der Waals surface area contributed by atoms with Crippen LogP contribution in [0.4, 0.5) is 4.79 Å². The number of aromatic nitrogens is 2. The number of benzene rings is 1. The van der Waals surface area contributed by atoms with E-state index >= 15 is 0 Å². The number of aliphatic hydroxyl groups excluding tert-OH is 1. The SMILES string of the molecule is Cc1nc2ccccc2n1CCCNC(=O)NCC1CCCC(O)C1. The van der Waals surface area contributed by atoms with E-state index in [1.807, 2.05) is 25.1 Å². The molecule has 1 aliphatic carbocycles. The first-order valence-electron chi connectivity index (χ1n) is 9.25. The number of imidazole rings is 1. The van der Waals surface area contributed by atoms with E-state index in [0.29, 0.717) is 19.0 Å². The van der Waals surface area contributed by atoms with Gasteiger partial charge in [0.25, 0.3) is 0 Å². The van der Waals surface area contributed by atoms with Gasteiger partial charge in [-0.15, -0.1) is 0 Å². The first-order chi connectivity index (χ1) is 12.1. The van der Waals surface area contributed by atoms with E-state index < -0.39 is 0 Å². The summed E-state index contributed by atoms with van der Waals surface area (Å²) in [4.78, 5) is 16.5. The zero-order valence-corrected chi connectivity index (χ0v) is 14.9. The molecule has 1 aliphatic rings. The normalized spacial score (nSPS) is 20.6. The maximum absolute atomic E-state index is 11.9. The summed E-state index contributed by atoms with van der Waals surface area (Å²) in [6.07, 6.45) is 4.49. The van der Waals surface area contributed by atoms with Crippen LogP contribution in [0.1, 0.15) is 37.9 Å². The van der Waals surface area contributed by atoms with Gasteiger partial charge in [0.05, 0.1) is 17.1 Å². The van der Waals surface area contributed by atoms with Crippen molar-refractivity contribution < 1.29 is 9.90 Å². The number of nitrogens with one attached hydrogen (secondary N) is 2. The second kappa shape index (κ2) is 8.34. The van der Waals surface area contributed by atoms with E-state index in [1.54, 1.807) is 0 Å². The Hall–Kier alpha value is -2.08. The summed E-state index contributed by atoms with van der Waals surface area (Å²) < 4.78 is 2.19. The molecule has 2 atom stereocenters. The maximum atomic E-state index is 11.9. The molecule has 1 fully saturated rings. The molecule has 3 N–H and O–H groups in total. The van der Waals surface area contributed by atoms with Crippen LogP contribution in [0.25, 0.3) is 11.0 Å². The fraction of sp³-hybridized carbons (Fsp3) is 0.579.